The first-order chi connectivity index (χ1) is 9.34. The summed E-state index contributed by atoms with van der Waals surface area (Å²) >= 11 is 6.39. The molecule has 0 aliphatic carbocycles. The van der Waals surface area contributed by atoms with Crippen molar-refractivity contribution in [3.63, 3.8) is 0 Å². The first kappa shape index (κ1) is 13.1. The van der Waals surface area contributed by atoms with Gasteiger partial charge in [0, 0.05) is 13.1 Å². The third-order valence-corrected chi connectivity index (χ3v) is 4.26. The number of nitrogens with one attached hydrogen (secondary N) is 1. The number of nitrogens with zero attached hydrogens (tertiary/aromatic N) is 1. The Labute approximate surface area is 119 Å². The van der Waals surface area contributed by atoms with Crippen molar-refractivity contribution in [3.8, 4) is 5.75 Å². The topological polar surface area (TPSA) is 24.5 Å². The number of hydrogen-bond donors (Lipinski definition) is 1. The summed E-state index contributed by atoms with van der Waals surface area (Å²) in [5.74, 6) is 0.960. The molecule has 0 bridgehead atoms. The van der Waals surface area contributed by atoms with Crippen LogP contribution in [0.5, 0.6) is 5.75 Å². The first-order valence-electron chi connectivity index (χ1n) is 7.25. The summed E-state index contributed by atoms with van der Waals surface area (Å²) in [6.45, 7) is 4.27. The lowest BCUT2D eigenvalue weighted by molar-refractivity contribution is 0.163. The average molecular weight is 281 g/mol. The molecule has 2 fully saturated rings. The maximum atomic E-state index is 6.39. The van der Waals surface area contributed by atoms with Gasteiger partial charge in [0.15, 0.2) is 0 Å². The summed E-state index contributed by atoms with van der Waals surface area (Å²) in [6.07, 6.45) is 4.97. The van der Waals surface area contributed by atoms with Crippen LogP contribution in [0.4, 0.5) is 5.69 Å². The molecule has 0 amide bonds. The Morgan fingerprint density at radius 1 is 1.16 bits per heavy atom. The summed E-state index contributed by atoms with van der Waals surface area (Å²) < 4.78 is 6.21. The maximum Gasteiger partial charge on any atom is 0.144 e. The molecule has 19 heavy (non-hydrogen) atoms. The average Bonchev–Trinajstić information content (AvgIpc) is 2.94. The van der Waals surface area contributed by atoms with E-state index in [2.05, 4.69) is 16.3 Å². The van der Waals surface area contributed by atoms with Crippen LogP contribution in [0.15, 0.2) is 18.2 Å². The highest BCUT2D eigenvalue weighted by Crippen LogP contribution is 2.38. The van der Waals surface area contributed by atoms with Crippen molar-refractivity contribution in [1.29, 1.82) is 0 Å². The normalized spacial score (nSPS) is 20.8. The van der Waals surface area contributed by atoms with E-state index >= 15 is 0 Å². The highest BCUT2D eigenvalue weighted by Gasteiger charge is 2.22. The smallest absolute Gasteiger partial charge is 0.144 e. The lowest BCUT2D eigenvalue weighted by Crippen LogP contribution is -2.34. The van der Waals surface area contributed by atoms with Crippen LogP contribution >= 0.6 is 11.6 Å². The Morgan fingerprint density at radius 2 is 1.89 bits per heavy atom. The van der Waals surface area contributed by atoms with E-state index in [4.69, 9.17) is 16.3 Å². The molecule has 2 aliphatic heterocycles. The van der Waals surface area contributed by atoms with Gasteiger partial charge in [-0.2, -0.15) is 0 Å². The van der Waals surface area contributed by atoms with Gasteiger partial charge in [-0.15, -0.1) is 0 Å². The van der Waals surface area contributed by atoms with E-state index in [0.717, 1.165) is 55.5 Å². The Kier molecular flexibility index (Phi) is 4.14. The highest BCUT2D eigenvalue weighted by atomic mass is 35.5. The van der Waals surface area contributed by atoms with Crippen LogP contribution in [0, 0.1) is 0 Å². The fraction of sp³-hybridized carbons (Fsp3) is 0.600. The molecule has 0 unspecified atom stereocenters. The van der Waals surface area contributed by atoms with Gasteiger partial charge in [0.25, 0.3) is 0 Å². The standard InChI is InChI=1S/C15H21ClN2O/c16-13-4-3-5-14(15(13)18-10-1-2-11-18)19-12-6-8-17-9-7-12/h3-5,12,17H,1-2,6-11H2. The molecule has 2 heterocycles. The predicted molar refractivity (Wildman–Crippen MR) is 79.4 cm³/mol. The Hall–Kier alpha value is -0.930. The fourth-order valence-corrected chi connectivity index (χ4v) is 3.22. The minimum absolute atomic E-state index is 0.320. The van der Waals surface area contributed by atoms with Crippen molar-refractivity contribution >= 4 is 17.3 Å². The molecule has 104 valence electrons. The molecule has 3 rings (SSSR count). The molecular formula is C15H21ClN2O. The van der Waals surface area contributed by atoms with Gasteiger partial charge in [-0.25, -0.2) is 0 Å². The summed E-state index contributed by atoms with van der Waals surface area (Å²) in [5, 5.41) is 4.18. The van der Waals surface area contributed by atoms with E-state index < -0.39 is 0 Å². The van der Waals surface area contributed by atoms with E-state index in [-0.39, 0.29) is 0 Å². The van der Waals surface area contributed by atoms with Crippen LogP contribution in [0.1, 0.15) is 25.7 Å². The molecule has 1 aromatic carbocycles. The third kappa shape index (κ3) is 2.98. The zero-order valence-electron chi connectivity index (χ0n) is 11.2. The zero-order chi connectivity index (χ0) is 13.1. The lowest BCUT2D eigenvalue weighted by atomic mass is 10.1. The van der Waals surface area contributed by atoms with Gasteiger partial charge in [-0.3, -0.25) is 0 Å². The molecule has 2 saturated heterocycles. The van der Waals surface area contributed by atoms with Gasteiger partial charge in [-0.1, -0.05) is 17.7 Å². The largest absolute Gasteiger partial charge is 0.488 e. The van der Waals surface area contributed by atoms with Crippen molar-refractivity contribution in [3.05, 3.63) is 23.2 Å². The second kappa shape index (κ2) is 6.02. The van der Waals surface area contributed by atoms with E-state index in [1.54, 1.807) is 0 Å². The van der Waals surface area contributed by atoms with E-state index in [0.29, 0.717) is 6.10 Å². The molecule has 1 N–H and O–H groups in total. The van der Waals surface area contributed by atoms with Gasteiger partial charge in [0.05, 0.1) is 10.7 Å². The van der Waals surface area contributed by atoms with Gasteiger partial charge in [-0.05, 0) is 50.9 Å². The number of halogens is 1. The van der Waals surface area contributed by atoms with Crippen molar-refractivity contribution in [1.82, 2.24) is 5.32 Å². The Bertz CT molecular complexity index is 426. The number of para-hydroxylation sites is 1. The van der Waals surface area contributed by atoms with Crippen molar-refractivity contribution in [2.45, 2.75) is 31.8 Å². The number of anilines is 1. The van der Waals surface area contributed by atoms with Crippen LogP contribution in [0.25, 0.3) is 0 Å². The van der Waals surface area contributed by atoms with E-state index in [9.17, 15) is 0 Å². The lowest BCUT2D eigenvalue weighted by Gasteiger charge is -2.28. The van der Waals surface area contributed by atoms with Crippen LogP contribution < -0.4 is 15.0 Å². The molecule has 4 heteroatoms. The van der Waals surface area contributed by atoms with Crippen LogP contribution in [-0.4, -0.2) is 32.3 Å². The minimum Gasteiger partial charge on any atom is -0.488 e. The van der Waals surface area contributed by atoms with Crippen LogP contribution in [-0.2, 0) is 0 Å². The van der Waals surface area contributed by atoms with Gasteiger partial charge in [0.2, 0.25) is 0 Å². The number of ether oxygens (including phenoxy) is 1. The van der Waals surface area contributed by atoms with Gasteiger partial charge < -0.3 is 15.0 Å². The number of piperidine rings is 1. The predicted octanol–water partition coefficient (Wildman–Crippen LogP) is 3.07. The third-order valence-electron chi connectivity index (χ3n) is 3.95. The summed E-state index contributed by atoms with van der Waals surface area (Å²) in [6, 6.07) is 6.00. The Morgan fingerprint density at radius 3 is 2.63 bits per heavy atom. The summed E-state index contributed by atoms with van der Waals surface area (Å²) in [4.78, 5) is 2.36. The van der Waals surface area contributed by atoms with Gasteiger partial charge in [0.1, 0.15) is 11.9 Å². The molecule has 0 radical (unpaired) electrons. The molecule has 3 nitrogen and oxygen atoms in total. The fourth-order valence-electron chi connectivity index (χ4n) is 2.93. The number of benzene rings is 1. The number of rotatable bonds is 3. The van der Waals surface area contributed by atoms with Crippen molar-refractivity contribution < 1.29 is 4.74 Å². The molecular weight excluding hydrogens is 260 g/mol. The molecule has 2 aliphatic rings. The second-order valence-electron chi connectivity index (χ2n) is 5.35. The molecule has 0 atom stereocenters. The van der Waals surface area contributed by atoms with Crippen LogP contribution in [0.3, 0.4) is 0 Å². The minimum atomic E-state index is 0.320. The summed E-state index contributed by atoms with van der Waals surface area (Å²) in [7, 11) is 0. The van der Waals surface area contributed by atoms with Crippen molar-refractivity contribution in [2.75, 3.05) is 31.1 Å². The zero-order valence-corrected chi connectivity index (χ0v) is 12.0. The molecule has 0 aromatic heterocycles. The molecule has 0 saturated carbocycles. The van der Waals surface area contributed by atoms with E-state index in [1.165, 1.54) is 12.8 Å². The molecule has 1 aromatic rings. The molecule has 0 spiro atoms. The monoisotopic (exact) mass is 280 g/mol. The maximum absolute atomic E-state index is 6.39. The quantitative estimate of drug-likeness (QED) is 0.921. The van der Waals surface area contributed by atoms with Crippen LogP contribution in [0.2, 0.25) is 5.02 Å². The highest BCUT2D eigenvalue weighted by molar-refractivity contribution is 6.33. The van der Waals surface area contributed by atoms with Gasteiger partial charge >= 0.3 is 0 Å². The SMILES string of the molecule is Clc1cccc(OC2CCNCC2)c1N1CCCC1. The Balaban J connectivity index is 1.80. The summed E-state index contributed by atoms with van der Waals surface area (Å²) in [5.41, 5.74) is 1.10. The number of hydrogen-bond acceptors (Lipinski definition) is 3. The van der Waals surface area contributed by atoms with E-state index in [1.807, 2.05) is 12.1 Å². The second-order valence-corrected chi connectivity index (χ2v) is 5.76. The first-order valence-corrected chi connectivity index (χ1v) is 7.63. The van der Waals surface area contributed by atoms with Crippen molar-refractivity contribution in [2.24, 2.45) is 0 Å².